The quantitative estimate of drug-likeness (QED) is 0.804. The second-order valence-corrected chi connectivity index (χ2v) is 4.26. The van der Waals surface area contributed by atoms with E-state index in [1.807, 2.05) is 0 Å². The molecular weight excluding hydrogens is 311 g/mol. The molecule has 1 aromatic heterocycles. The van der Waals surface area contributed by atoms with Crippen LogP contribution >= 0.6 is 15.9 Å². The minimum atomic E-state index is -4.45. The summed E-state index contributed by atoms with van der Waals surface area (Å²) in [6.45, 7) is 0. The van der Waals surface area contributed by atoms with Gasteiger partial charge >= 0.3 is 6.18 Å². The average molecular weight is 318 g/mol. The third kappa shape index (κ3) is 2.81. The molecule has 0 radical (unpaired) electrons. The maximum atomic E-state index is 12.7. The van der Waals surface area contributed by atoms with Crippen LogP contribution in [-0.4, -0.2) is 4.98 Å². The van der Waals surface area contributed by atoms with Gasteiger partial charge in [0.15, 0.2) is 0 Å². The Balaban J connectivity index is 2.39. The van der Waals surface area contributed by atoms with Crippen LogP contribution in [-0.2, 0) is 6.18 Å². The van der Waals surface area contributed by atoms with E-state index in [2.05, 4.69) is 20.9 Å². The number of hydrogen-bond donors (Lipinski definition) is 0. The summed E-state index contributed by atoms with van der Waals surface area (Å²) in [7, 11) is 0. The molecule has 0 saturated heterocycles. The summed E-state index contributed by atoms with van der Waals surface area (Å²) in [6.07, 6.45) is -1.56. The van der Waals surface area contributed by atoms with Crippen molar-refractivity contribution in [1.29, 1.82) is 0 Å². The summed E-state index contributed by atoms with van der Waals surface area (Å²) in [5.74, 6) is 0.0404. The van der Waals surface area contributed by atoms with E-state index in [-0.39, 0.29) is 11.5 Å². The molecule has 0 saturated carbocycles. The summed E-state index contributed by atoms with van der Waals surface area (Å²) in [6, 6.07) is 6.54. The fourth-order valence-electron chi connectivity index (χ4n) is 1.35. The monoisotopic (exact) mass is 317 g/mol. The maximum absolute atomic E-state index is 12.7. The minimum Gasteiger partial charge on any atom is -0.455 e. The number of para-hydroxylation sites is 1. The van der Waals surface area contributed by atoms with E-state index >= 15 is 0 Å². The normalized spacial score (nSPS) is 11.3. The van der Waals surface area contributed by atoms with E-state index in [1.165, 1.54) is 36.7 Å². The number of rotatable bonds is 2. The van der Waals surface area contributed by atoms with Crippen LogP contribution in [0.3, 0.4) is 0 Å². The molecule has 2 nitrogen and oxygen atoms in total. The van der Waals surface area contributed by atoms with Gasteiger partial charge in [-0.3, -0.25) is 4.98 Å². The fourth-order valence-corrected chi connectivity index (χ4v) is 1.68. The highest BCUT2D eigenvalue weighted by Crippen LogP contribution is 2.39. The summed E-state index contributed by atoms with van der Waals surface area (Å²) in [5, 5.41) is 0. The van der Waals surface area contributed by atoms with E-state index in [4.69, 9.17) is 4.74 Å². The van der Waals surface area contributed by atoms with Gasteiger partial charge in [-0.25, -0.2) is 0 Å². The van der Waals surface area contributed by atoms with Gasteiger partial charge in [-0.1, -0.05) is 12.1 Å². The lowest BCUT2D eigenvalue weighted by atomic mass is 10.2. The molecule has 94 valence electrons. The average Bonchev–Trinajstić information content (AvgIpc) is 2.31. The highest BCUT2D eigenvalue weighted by molar-refractivity contribution is 9.10. The molecule has 0 fully saturated rings. The Labute approximate surface area is 110 Å². The Hall–Kier alpha value is -1.56. The number of benzene rings is 1. The molecule has 2 rings (SSSR count). The van der Waals surface area contributed by atoms with Gasteiger partial charge in [0.05, 0.1) is 10.0 Å². The molecule has 0 unspecified atom stereocenters. The van der Waals surface area contributed by atoms with Crippen LogP contribution in [0.2, 0.25) is 0 Å². The predicted octanol–water partition coefficient (Wildman–Crippen LogP) is 4.66. The first-order chi connectivity index (χ1) is 8.48. The Morgan fingerprint density at radius 3 is 2.44 bits per heavy atom. The third-order valence-electron chi connectivity index (χ3n) is 2.15. The third-order valence-corrected chi connectivity index (χ3v) is 2.74. The SMILES string of the molecule is FC(F)(F)c1ccccc1Oc1ccncc1Br. The zero-order chi connectivity index (χ0) is 13.2. The van der Waals surface area contributed by atoms with Crippen LogP contribution in [0.5, 0.6) is 11.5 Å². The number of alkyl halides is 3. The van der Waals surface area contributed by atoms with Crippen LogP contribution in [0.1, 0.15) is 5.56 Å². The van der Waals surface area contributed by atoms with Crippen LogP contribution in [0.15, 0.2) is 47.2 Å². The summed E-state index contributed by atoms with van der Waals surface area (Å²) < 4.78 is 44.0. The van der Waals surface area contributed by atoms with Crippen LogP contribution in [0, 0.1) is 0 Å². The molecule has 0 aliphatic heterocycles. The number of aromatic nitrogens is 1. The maximum Gasteiger partial charge on any atom is 0.419 e. The van der Waals surface area contributed by atoms with Crippen molar-refractivity contribution < 1.29 is 17.9 Å². The zero-order valence-corrected chi connectivity index (χ0v) is 10.5. The van der Waals surface area contributed by atoms with Gasteiger partial charge in [-0.2, -0.15) is 13.2 Å². The molecule has 1 heterocycles. The molecule has 0 atom stereocenters. The molecule has 0 aliphatic rings. The molecule has 0 bridgehead atoms. The topological polar surface area (TPSA) is 22.1 Å². The van der Waals surface area contributed by atoms with Crippen LogP contribution in [0.4, 0.5) is 13.2 Å². The molecule has 0 N–H and O–H groups in total. The van der Waals surface area contributed by atoms with Crippen LogP contribution in [0.25, 0.3) is 0 Å². The molecule has 6 heteroatoms. The molecule has 1 aromatic carbocycles. The predicted molar refractivity (Wildman–Crippen MR) is 63.5 cm³/mol. The van der Waals surface area contributed by atoms with Crippen LogP contribution < -0.4 is 4.74 Å². The van der Waals surface area contributed by atoms with Gasteiger partial charge in [0.25, 0.3) is 0 Å². The summed E-state index contributed by atoms with van der Waals surface area (Å²) >= 11 is 3.16. The number of halogens is 4. The number of nitrogens with zero attached hydrogens (tertiary/aromatic N) is 1. The van der Waals surface area contributed by atoms with E-state index < -0.39 is 11.7 Å². The summed E-state index contributed by atoms with van der Waals surface area (Å²) in [5.41, 5.74) is -0.811. The second kappa shape index (κ2) is 4.97. The van der Waals surface area contributed by atoms with Crippen molar-refractivity contribution in [2.24, 2.45) is 0 Å². The van der Waals surface area contributed by atoms with Gasteiger partial charge < -0.3 is 4.74 Å². The second-order valence-electron chi connectivity index (χ2n) is 3.40. The molecule has 0 amide bonds. The van der Waals surface area contributed by atoms with E-state index in [1.54, 1.807) is 0 Å². The van der Waals surface area contributed by atoms with Crippen molar-refractivity contribution in [3.05, 3.63) is 52.8 Å². The molecule has 0 aliphatic carbocycles. The van der Waals surface area contributed by atoms with Crippen molar-refractivity contribution >= 4 is 15.9 Å². The summed E-state index contributed by atoms with van der Waals surface area (Å²) in [4.78, 5) is 3.81. The first-order valence-corrected chi connectivity index (χ1v) is 5.71. The first kappa shape index (κ1) is 12.9. The van der Waals surface area contributed by atoms with Gasteiger partial charge in [0, 0.05) is 18.5 Å². The standard InChI is InChI=1S/C12H7BrF3NO/c13-9-7-17-6-5-11(9)18-10-4-2-1-3-8(10)12(14,15)16/h1-7H. The smallest absolute Gasteiger partial charge is 0.419 e. The number of pyridine rings is 1. The Kier molecular flexibility index (Phi) is 3.56. The Morgan fingerprint density at radius 2 is 1.78 bits per heavy atom. The largest absolute Gasteiger partial charge is 0.455 e. The first-order valence-electron chi connectivity index (χ1n) is 4.92. The van der Waals surface area contributed by atoms with E-state index in [0.29, 0.717) is 4.47 Å². The molecular formula is C12H7BrF3NO. The highest BCUT2D eigenvalue weighted by Gasteiger charge is 2.34. The number of hydrogen-bond acceptors (Lipinski definition) is 2. The highest BCUT2D eigenvalue weighted by atomic mass is 79.9. The zero-order valence-electron chi connectivity index (χ0n) is 8.91. The Morgan fingerprint density at radius 1 is 1.06 bits per heavy atom. The minimum absolute atomic E-state index is 0.239. The lowest BCUT2D eigenvalue weighted by molar-refractivity contribution is -0.138. The van der Waals surface area contributed by atoms with Crippen molar-refractivity contribution in [3.63, 3.8) is 0 Å². The van der Waals surface area contributed by atoms with Gasteiger partial charge in [-0.15, -0.1) is 0 Å². The van der Waals surface area contributed by atoms with Gasteiger partial charge in [0.1, 0.15) is 11.5 Å². The number of ether oxygens (including phenoxy) is 1. The fraction of sp³-hybridized carbons (Fsp3) is 0.0833. The Bertz CT molecular complexity index is 557. The van der Waals surface area contributed by atoms with Crippen molar-refractivity contribution in [1.82, 2.24) is 4.98 Å². The van der Waals surface area contributed by atoms with Gasteiger partial charge in [0.2, 0.25) is 0 Å². The lowest BCUT2D eigenvalue weighted by Gasteiger charge is -2.13. The molecule has 0 spiro atoms. The van der Waals surface area contributed by atoms with Crippen molar-refractivity contribution in [3.8, 4) is 11.5 Å². The van der Waals surface area contributed by atoms with Crippen molar-refractivity contribution in [2.45, 2.75) is 6.18 Å². The van der Waals surface area contributed by atoms with Crippen molar-refractivity contribution in [2.75, 3.05) is 0 Å². The van der Waals surface area contributed by atoms with E-state index in [9.17, 15) is 13.2 Å². The molecule has 18 heavy (non-hydrogen) atoms. The van der Waals surface area contributed by atoms with Gasteiger partial charge in [-0.05, 0) is 28.1 Å². The van der Waals surface area contributed by atoms with E-state index in [0.717, 1.165) is 6.07 Å². The molecule has 2 aromatic rings. The lowest BCUT2D eigenvalue weighted by Crippen LogP contribution is -2.06.